The summed E-state index contributed by atoms with van der Waals surface area (Å²) in [7, 11) is 0. The van der Waals surface area contributed by atoms with Crippen molar-refractivity contribution in [2.75, 3.05) is 24.3 Å². The van der Waals surface area contributed by atoms with E-state index < -0.39 is 5.91 Å². The standard InChI is InChI=1S/C20H21N7O3/c21-18-17(22-5-6-23-18)20(29)26-16-9-24-27(11-16)10-13-2-1-3-14(8-13)19(28)25-15-4-7-30-12-15/h1-3,5-6,8-9,11,15H,4,7,10,12H2,(H2,21,23)(H,25,28)(H,26,29). The van der Waals surface area contributed by atoms with Crippen molar-refractivity contribution in [3.05, 3.63) is 65.9 Å². The molecule has 0 spiro atoms. The summed E-state index contributed by atoms with van der Waals surface area (Å²) in [4.78, 5) is 32.5. The second-order valence-corrected chi connectivity index (χ2v) is 6.91. The number of nitrogens with zero attached hydrogens (tertiary/aromatic N) is 4. The molecule has 3 aromatic rings. The van der Waals surface area contributed by atoms with Crippen molar-refractivity contribution in [3.8, 4) is 0 Å². The number of hydrogen-bond donors (Lipinski definition) is 3. The molecule has 4 rings (SSSR count). The largest absolute Gasteiger partial charge is 0.382 e. The van der Waals surface area contributed by atoms with Crippen LogP contribution in [0, 0.1) is 0 Å². The van der Waals surface area contributed by atoms with Gasteiger partial charge < -0.3 is 21.1 Å². The Hall–Kier alpha value is -3.79. The summed E-state index contributed by atoms with van der Waals surface area (Å²) in [5, 5.41) is 9.93. The van der Waals surface area contributed by atoms with Crippen molar-refractivity contribution >= 4 is 23.3 Å². The highest BCUT2D eigenvalue weighted by Crippen LogP contribution is 2.13. The lowest BCUT2D eigenvalue weighted by Crippen LogP contribution is -2.35. The average molecular weight is 407 g/mol. The van der Waals surface area contributed by atoms with E-state index in [1.165, 1.54) is 18.6 Å². The molecule has 10 nitrogen and oxygen atoms in total. The minimum atomic E-state index is -0.463. The number of aromatic nitrogens is 4. The molecule has 1 saturated heterocycles. The maximum atomic E-state index is 12.4. The number of rotatable bonds is 6. The molecule has 1 aliphatic rings. The molecule has 0 aliphatic carbocycles. The van der Waals surface area contributed by atoms with Crippen LogP contribution in [0.1, 0.15) is 32.8 Å². The van der Waals surface area contributed by atoms with Gasteiger partial charge in [-0.3, -0.25) is 14.3 Å². The van der Waals surface area contributed by atoms with E-state index in [4.69, 9.17) is 10.5 Å². The van der Waals surface area contributed by atoms with Gasteiger partial charge in [0.15, 0.2) is 11.5 Å². The Morgan fingerprint density at radius 2 is 2.10 bits per heavy atom. The zero-order valence-corrected chi connectivity index (χ0v) is 16.1. The van der Waals surface area contributed by atoms with Gasteiger partial charge in [-0.1, -0.05) is 12.1 Å². The SMILES string of the molecule is Nc1nccnc1C(=O)Nc1cnn(Cc2cccc(C(=O)NC3CCOC3)c2)c1. The average Bonchev–Trinajstić information content (AvgIpc) is 3.40. The molecule has 0 saturated carbocycles. The van der Waals surface area contributed by atoms with Crippen molar-refractivity contribution < 1.29 is 14.3 Å². The van der Waals surface area contributed by atoms with Crippen LogP contribution >= 0.6 is 0 Å². The highest BCUT2D eigenvalue weighted by molar-refractivity contribution is 6.05. The molecule has 0 bridgehead atoms. The summed E-state index contributed by atoms with van der Waals surface area (Å²) < 4.78 is 6.95. The number of ether oxygens (including phenoxy) is 1. The van der Waals surface area contributed by atoms with Gasteiger partial charge in [-0.15, -0.1) is 0 Å². The van der Waals surface area contributed by atoms with E-state index in [2.05, 4.69) is 25.7 Å². The molecule has 0 radical (unpaired) electrons. The summed E-state index contributed by atoms with van der Waals surface area (Å²) in [5.41, 5.74) is 7.72. The van der Waals surface area contributed by atoms with Crippen molar-refractivity contribution in [1.29, 1.82) is 0 Å². The molecular weight excluding hydrogens is 386 g/mol. The zero-order valence-electron chi connectivity index (χ0n) is 16.1. The summed E-state index contributed by atoms with van der Waals surface area (Å²) in [6, 6.07) is 7.40. The van der Waals surface area contributed by atoms with Crippen LogP contribution in [0.4, 0.5) is 11.5 Å². The third-order valence-electron chi connectivity index (χ3n) is 4.63. The van der Waals surface area contributed by atoms with Gasteiger partial charge in [-0.2, -0.15) is 5.10 Å². The summed E-state index contributed by atoms with van der Waals surface area (Å²) in [6.45, 7) is 1.66. The Bertz CT molecular complexity index is 1060. The van der Waals surface area contributed by atoms with Crippen LogP contribution in [0.25, 0.3) is 0 Å². The Labute approximate surface area is 172 Å². The highest BCUT2D eigenvalue weighted by atomic mass is 16.5. The predicted molar refractivity (Wildman–Crippen MR) is 109 cm³/mol. The first-order chi connectivity index (χ1) is 14.6. The van der Waals surface area contributed by atoms with Gasteiger partial charge >= 0.3 is 0 Å². The topological polar surface area (TPSA) is 137 Å². The van der Waals surface area contributed by atoms with Crippen molar-refractivity contribution in [3.63, 3.8) is 0 Å². The highest BCUT2D eigenvalue weighted by Gasteiger charge is 2.19. The molecule has 1 atom stereocenters. The Balaban J connectivity index is 1.39. The lowest BCUT2D eigenvalue weighted by molar-refractivity contribution is 0.0929. The first-order valence-corrected chi connectivity index (χ1v) is 9.46. The third-order valence-corrected chi connectivity index (χ3v) is 4.63. The fraction of sp³-hybridized carbons (Fsp3) is 0.250. The van der Waals surface area contributed by atoms with E-state index in [1.54, 1.807) is 16.9 Å². The van der Waals surface area contributed by atoms with E-state index in [0.717, 1.165) is 12.0 Å². The second kappa shape index (κ2) is 8.70. The maximum Gasteiger partial charge on any atom is 0.278 e. The van der Waals surface area contributed by atoms with Gasteiger partial charge in [0, 0.05) is 30.8 Å². The van der Waals surface area contributed by atoms with E-state index in [1.807, 2.05) is 18.2 Å². The number of nitrogen functional groups attached to an aromatic ring is 1. The number of anilines is 2. The number of nitrogens with two attached hydrogens (primary N) is 1. The molecule has 2 aromatic heterocycles. The molecular formula is C20H21N7O3. The van der Waals surface area contributed by atoms with Gasteiger partial charge in [0.25, 0.3) is 11.8 Å². The number of amides is 2. The Morgan fingerprint density at radius 3 is 2.90 bits per heavy atom. The lowest BCUT2D eigenvalue weighted by atomic mass is 10.1. The minimum absolute atomic E-state index is 0.0524. The molecule has 1 aromatic carbocycles. The quantitative estimate of drug-likeness (QED) is 0.556. The number of nitrogens with one attached hydrogen (secondary N) is 2. The molecule has 10 heteroatoms. The molecule has 3 heterocycles. The second-order valence-electron chi connectivity index (χ2n) is 6.91. The van der Waals surface area contributed by atoms with Crippen molar-refractivity contribution in [2.45, 2.75) is 19.0 Å². The van der Waals surface area contributed by atoms with Crippen LogP contribution in [0.3, 0.4) is 0 Å². The summed E-state index contributed by atoms with van der Waals surface area (Å²) >= 11 is 0. The fourth-order valence-electron chi connectivity index (χ4n) is 3.14. The molecule has 1 fully saturated rings. The molecule has 1 aliphatic heterocycles. The van der Waals surface area contributed by atoms with Gasteiger partial charge in [0.05, 0.1) is 31.1 Å². The molecule has 1 unspecified atom stereocenters. The first-order valence-electron chi connectivity index (χ1n) is 9.46. The van der Waals surface area contributed by atoms with Crippen LogP contribution in [0.5, 0.6) is 0 Å². The number of hydrogen-bond acceptors (Lipinski definition) is 7. The fourth-order valence-corrected chi connectivity index (χ4v) is 3.14. The molecule has 30 heavy (non-hydrogen) atoms. The maximum absolute atomic E-state index is 12.4. The number of carbonyl (C=O) groups excluding carboxylic acids is 2. The predicted octanol–water partition coefficient (Wildman–Crippen LogP) is 1.07. The van der Waals surface area contributed by atoms with E-state index in [0.29, 0.717) is 31.0 Å². The van der Waals surface area contributed by atoms with Crippen molar-refractivity contribution in [1.82, 2.24) is 25.1 Å². The van der Waals surface area contributed by atoms with Gasteiger partial charge in [0.2, 0.25) is 0 Å². The van der Waals surface area contributed by atoms with Crippen LogP contribution < -0.4 is 16.4 Å². The zero-order chi connectivity index (χ0) is 20.9. The van der Waals surface area contributed by atoms with Crippen LogP contribution in [0.15, 0.2) is 49.1 Å². The first kappa shape index (κ1) is 19.5. The summed E-state index contributed by atoms with van der Waals surface area (Å²) in [6.07, 6.45) is 6.86. The molecule has 4 N–H and O–H groups in total. The molecule has 2 amide bonds. The van der Waals surface area contributed by atoms with Gasteiger partial charge in [-0.05, 0) is 24.1 Å². The monoisotopic (exact) mass is 407 g/mol. The number of carbonyl (C=O) groups is 2. The van der Waals surface area contributed by atoms with Gasteiger partial charge in [-0.25, -0.2) is 9.97 Å². The minimum Gasteiger partial charge on any atom is -0.382 e. The van der Waals surface area contributed by atoms with Crippen LogP contribution in [-0.2, 0) is 11.3 Å². The van der Waals surface area contributed by atoms with Gasteiger partial charge in [0.1, 0.15) is 0 Å². The van der Waals surface area contributed by atoms with Crippen LogP contribution in [-0.4, -0.2) is 50.8 Å². The third kappa shape index (κ3) is 4.61. The molecule has 154 valence electrons. The smallest absolute Gasteiger partial charge is 0.278 e. The number of benzene rings is 1. The Kier molecular flexibility index (Phi) is 5.66. The van der Waals surface area contributed by atoms with Crippen LogP contribution in [0.2, 0.25) is 0 Å². The van der Waals surface area contributed by atoms with E-state index in [-0.39, 0.29) is 23.5 Å². The van der Waals surface area contributed by atoms with E-state index >= 15 is 0 Å². The van der Waals surface area contributed by atoms with Crippen molar-refractivity contribution in [2.24, 2.45) is 0 Å². The lowest BCUT2D eigenvalue weighted by Gasteiger charge is -2.11. The summed E-state index contributed by atoms with van der Waals surface area (Å²) in [5.74, 6) is -0.529. The van der Waals surface area contributed by atoms with E-state index in [9.17, 15) is 9.59 Å². The Morgan fingerprint density at radius 1 is 1.23 bits per heavy atom. The normalized spacial score (nSPS) is 15.7.